The second kappa shape index (κ2) is 6.87. The number of ether oxygens (including phenoxy) is 1. The van der Waals surface area contributed by atoms with E-state index in [1.807, 2.05) is 54.6 Å². The Labute approximate surface area is 153 Å². The highest BCUT2D eigenvalue weighted by Crippen LogP contribution is 2.43. The first-order valence-corrected chi connectivity index (χ1v) is 9.11. The molecule has 4 nitrogen and oxygen atoms in total. The zero-order chi connectivity index (χ0) is 18.0. The van der Waals surface area contributed by atoms with E-state index in [4.69, 9.17) is 4.74 Å². The molecule has 1 amide bonds. The average Bonchev–Trinajstić information content (AvgIpc) is 2.67. The summed E-state index contributed by atoms with van der Waals surface area (Å²) in [7, 11) is 0. The summed E-state index contributed by atoms with van der Waals surface area (Å²) in [5, 5.41) is 10.4. The lowest BCUT2D eigenvalue weighted by atomic mass is 9.70. The second-order valence-electron chi connectivity index (χ2n) is 7.25. The van der Waals surface area contributed by atoms with E-state index in [1.54, 1.807) is 4.90 Å². The van der Waals surface area contributed by atoms with Crippen LogP contribution in [-0.2, 0) is 17.8 Å². The highest BCUT2D eigenvalue weighted by Gasteiger charge is 2.38. The second-order valence-corrected chi connectivity index (χ2v) is 7.25. The van der Waals surface area contributed by atoms with Crippen LogP contribution in [0.15, 0.2) is 60.7 Å². The number of rotatable bonds is 2. The van der Waals surface area contributed by atoms with Crippen LogP contribution < -0.4 is 0 Å². The van der Waals surface area contributed by atoms with Gasteiger partial charge in [-0.1, -0.05) is 54.6 Å². The molecule has 1 aliphatic carbocycles. The van der Waals surface area contributed by atoms with Crippen molar-refractivity contribution in [2.24, 2.45) is 5.41 Å². The normalized spacial score (nSPS) is 18.2. The van der Waals surface area contributed by atoms with Gasteiger partial charge in [0.1, 0.15) is 12.4 Å². The number of hydrogen-bond donors (Lipinski definition) is 1. The first-order valence-electron chi connectivity index (χ1n) is 9.11. The quantitative estimate of drug-likeness (QED) is 0.865. The number of nitrogens with zero attached hydrogens (tertiary/aromatic N) is 1. The molecule has 1 heterocycles. The van der Waals surface area contributed by atoms with E-state index in [-0.39, 0.29) is 11.5 Å². The fraction of sp³-hybridized carbons (Fsp3) is 0.318. The highest BCUT2D eigenvalue weighted by molar-refractivity contribution is 5.68. The van der Waals surface area contributed by atoms with E-state index in [2.05, 4.69) is 6.07 Å². The van der Waals surface area contributed by atoms with Crippen LogP contribution >= 0.6 is 0 Å². The number of amides is 1. The van der Waals surface area contributed by atoms with Crippen LogP contribution in [0.4, 0.5) is 4.79 Å². The number of hydrogen-bond acceptors (Lipinski definition) is 3. The van der Waals surface area contributed by atoms with E-state index >= 15 is 0 Å². The lowest BCUT2D eigenvalue weighted by Gasteiger charge is -2.41. The average molecular weight is 349 g/mol. The van der Waals surface area contributed by atoms with Crippen molar-refractivity contribution in [3.8, 4) is 0 Å². The van der Waals surface area contributed by atoms with Crippen molar-refractivity contribution >= 4 is 11.9 Å². The molecule has 0 unspecified atom stereocenters. The predicted molar refractivity (Wildman–Crippen MR) is 101 cm³/mol. The Morgan fingerprint density at radius 1 is 1.04 bits per heavy atom. The molecular formula is C22H23NO3. The third kappa shape index (κ3) is 3.32. The van der Waals surface area contributed by atoms with Gasteiger partial charge >= 0.3 is 6.09 Å². The van der Waals surface area contributed by atoms with Crippen LogP contribution in [0.2, 0.25) is 0 Å². The molecule has 1 aliphatic heterocycles. The van der Waals surface area contributed by atoms with Crippen LogP contribution in [0, 0.1) is 5.41 Å². The number of benzene rings is 2. The maximum Gasteiger partial charge on any atom is 0.410 e. The van der Waals surface area contributed by atoms with Gasteiger partial charge in [0.05, 0.1) is 0 Å². The molecule has 1 saturated heterocycles. The molecule has 1 spiro atoms. The zero-order valence-corrected chi connectivity index (χ0v) is 14.7. The zero-order valence-electron chi connectivity index (χ0n) is 14.7. The van der Waals surface area contributed by atoms with Gasteiger partial charge in [-0.2, -0.15) is 0 Å². The van der Waals surface area contributed by atoms with Crippen LogP contribution in [0.1, 0.15) is 29.5 Å². The van der Waals surface area contributed by atoms with E-state index in [0.717, 1.165) is 30.4 Å². The van der Waals surface area contributed by atoms with Crippen molar-refractivity contribution in [3.63, 3.8) is 0 Å². The Morgan fingerprint density at radius 2 is 1.73 bits per heavy atom. The summed E-state index contributed by atoms with van der Waals surface area (Å²) in [6.07, 6.45) is 4.34. The van der Waals surface area contributed by atoms with Crippen LogP contribution in [0.25, 0.3) is 5.76 Å². The van der Waals surface area contributed by atoms with Gasteiger partial charge in [0.2, 0.25) is 0 Å². The topological polar surface area (TPSA) is 49.8 Å². The van der Waals surface area contributed by atoms with Gasteiger partial charge < -0.3 is 14.7 Å². The Hall–Kier alpha value is -2.75. The molecule has 134 valence electrons. The summed E-state index contributed by atoms with van der Waals surface area (Å²) in [5.41, 5.74) is 3.05. The first kappa shape index (κ1) is 16.7. The standard InChI is InChI=1S/C22H23NO3/c24-20-15-22(14-18-8-4-5-9-19(18)20)10-12-23(13-11-22)21(25)26-16-17-6-2-1-3-7-17/h1-9,15,24H,10-14,16H2. The molecule has 0 saturated carbocycles. The lowest BCUT2D eigenvalue weighted by molar-refractivity contribution is 0.0719. The van der Waals surface area contributed by atoms with Crippen LogP contribution in [0.3, 0.4) is 0 Å². The minimum absolute atomic E-state index is 0.0609. The number of fused-ring (bicyclic) bond motifs is 1. The molecule has 2 aromatic carbocycles. The molecule has 2 aliphatic rings. The molecule has 0 bridgehead atoms. The van der Waals surface area contributed by atoms with Gasteiger partial charge in [-0.05, 0) is 41.9 Å². The molecule has 1 N–H and O–H groups in total. The third-order valence-electron chi connectivity index (χ3n) is 5.50. The van der Waals surface area contributed by atoms with E-state index in [0.29, 0.717) is 25.5 Å². The maximum atomic E-state index is 12.3. The minimum Gasteiger partial charge on any atom is -0.508 e. The predicted octanol–water partition coefficient (Wildman–Crippen LogP) is 4.56. The van der Waals surface area contributed by atoms with E-state index < -0.39 is 0 Å². The van der Waals surface area contributed by atoms with Crippen molar-refractivity contribution in [2.45, 2.75) is 25.9 Å². The number of carbonyl (C=O) groups excluding carboxylic acids is 1. The molecular weight excluding hydrogens is 326 g/mol. The first-order chi connectivity index (χ1) is 12.7. The smallest absolute Gasteiger partial charge is 0.410 e. The van der Waals surface area contributed by atoms with E-state index in [9.17, 15) is 9.90 Å². The minimum atomic E-state index is -0.256. The SMILES string of the molecule is O=C(OCc1ccccc1)N1CCC2(C=C(O)c3ccccc3C2)CC1. The summed E-state index contributed by atoms with van der Waals surface area (Å²) in [6.45, 7) is 1.61. The van der Waals surface area contributed by atoms with Gasteiger partial charge in [0.15, 0.2) is 0 Å². The number of aliphatic hydroxyl groups is 1. The third-order valence-corrected chi connectivity index (χ3v) is 5.50. The summed E-state index contributed by atoms with van der Waals surface area (Å²) < 4.78 is 5.44. The number of piperidine rings is 1. The van der Waals surface area contributed by atoms with E-state index in [1.165, 1.54) is 5.56 Å². The molecule has 0 atom stereocenters. The summed E-state index contributed by atoms with van der Waals surface area (Å²) in [5.74, 6) is 0.368. The molecule has 4 rings (SSSR count). The Bertz CT molecular complexity index is 820. The van der Waals surface area contributed by atoms with Gasteiger partial charge in [0.25, 0.3) is 0 Å². The van der Waals surface area contributed by atoms with Crippen molar-refractivity contribution in [3.05, 3.63) is 77.4 Å². The fourth-order valence-electron chi connectivity index (χ4n) is 3.99. The number of carbonyl (C=O) groups is 1. The summed E-state index contributed by atoms with van der Waals surface area (Å²) >= 11 is 0. The van der Waals surface area contributed by atoms with Crippen molar-refractivity contribution in [1.82, 2.24) is 4.90 Å². The largest absolute Gasteiger partial charge is 0.508 e. The molecule has 0 radical (unpaired) electrons. The highest BCUT2D eigenvalue weighted by atomic mass is 16.6. The van der Waals surface area contributed by atoms with Gasteiger partial charge in [-0.25, -0.2) is 4.79 Å². The Kier molecular flexibility index (Phi) is 4.41. The van der Waals surface area contributed by atoms with Crippen molar-refractivity contribution in [1.29, 1.82) is 0 Å². The van der Waals surface area contributed by atoms with Crippen molar-refractivity contribution in [2.75, 3.05) is 13.1 Å². The summed E-state index contributed by atoms with van der Waals surface area (Å²) in [4.78, 5) is 14.1. The van der Waals surface area contributed by atoms with Gasteiger partial charge in [0, 0.05) is 18.7 Å². The molecule has 0 aromatic heterocycles. The number of likely N-dealkylation sites (tertiary alicyclic amines) is 1. The maximum absolute atomic E-state index is 12.3. The van der Waals surface area contributed by atoms with Crippen molar-refractivity contribution < 1.29 is 14.6 Å². The summed E-state index contributed by atoms with van der Waals surface area (Å²) in [6, 6.07) is 17.7. The molecule has 26 heavy (non-hydrogen) atoms. The van der Waals surface area contributed by atoms with Gasteiger partial charge in [-0.3, -0.25) is 0 Å². The van der Waals surface area contributed by atoms with Crippen LogP contribution in [-0.4, -0.2) is 29.2 Å². The number of allylic oxidation sites excluding steroid dienone is 1. The lowest BCUT2D eigenvalue weighted by Crippen LogP contribution is -2.44. The fourth-order valence-corrected chi connectivity index (χ4v) is 3.99. The Balaban J connectivity index is 1.37. The molecule has 4 heteroatoms. The molecule has 2 aromatic rings. The number of aliphatic hydroxyl groups excluding tert-OH is 1. The Morgan fingerprint density at radius 3 is 2.50 bits per heavy atom. The van der Waals surface area contributed by atoms with Gasteiger partial charge in [-0.15, -0.1) is 0 Å². The molecule has 1 fully saturated rings. The monoisotopic (exact) mass is 349 g/mol. The van der Waals surface area contributed by atoms with Crippen LogP contribution in [0.5, 0.6) is 0 Å².